The van der Waals surface area contributed by atoms with Crippen LogP contribution in [0.5, 0.6) is 0 Å². The molecule has 1 fully saturated rings. The Labute approximate surface area is 142 Å². The third-order valence-corrected chi connectivity index (χ3v) is 4.36. The monoisotopic (exact) mass is 374 g/mol. The number of nitrogen functional groups attached to an aromatic ring is 1. The summed E-state index contributed by atoms with van der Waals surface area (Å²) in [6.07, 6.45) is -3.25. The summed E-state index contributed by atoms with van der Waals surface area (Å²) in [5.41, 5.74) is 6.80. The quantitative estimate of drug-likeness (QED) is 0.447. The normalized spacial score (nSPS) is 27.2. The molecular formula is C12H18N6O6S. The zero-order valence-electron chi connectivity index (χ0n) is 13.2. The van der Waals surface area contributed by atoms with Crippen molar-refractivity contribution in [3.63, 3.8) is 0 Å². The fourth-order valence-corrected chi connectivity index (χ4v) is 3.05. The summed E-state index contributed by atoms with van der Waals surface area (Å²) in [5, 5.41) is 30.0. The lowest BCUT2D eigenvalue weighted by atomic mass is 10.1. The van der Waals surface area contributed by atoms with E-state index in [1.165, 1.54) is 11.0 Å². The number of aliphatic hydroxyl groups is 2. The molecule has 0 unspecified atom stereocenters. The number of aromatic nitrogens is 4. The number of aliphatic hydroxyl groups excluding tert-OH is 2. The van der Waals surface area contributed by atoms with Crippen molar-refractivity contribution in [2.45, 2.75) is 37.9 Å². The summed E-state index contributed by atoms with van der Waals surface area (Å²) in [6.45, 7) is 1.31. The second-order valence-corrected chi connectivity index (χ2v) is 6.75. The van der Waals surface area contributed by atoms with E-state index in [9.17, 15) is 18.6 Å². The summed E-state index contributed by atoms with van der Waals surface area (Å²) in [6, 6.07) is 0. The first-order valence-corrected chi connectivity index (χ1v) is 8.86. The second-order valence-electron chi connectivity index (χ2n) is 5.53. The molecular weight excluding hydrogens is 356 g/mol. The minimum Gasteiger partial charge on any atom is -0.387 e. The molecule has 0 aliphatic carbocycles. The molecule has 0 spiro atoms. The maximum Gasteiger partial charge on any atom is 0.333 e. The van der Waals surface area contributed by atoms with E-state index in [4.69, 9.17) is 15.6 Å². The zero-order valence-corrected chi connectivity index (χ0v) is 14.0. The van der Waals surface area contributed by atoms with Crippen LogP contribution in [0.3, 0.4) is 0 Å². The lowest BCUT2D eigenvalue weighted by Gasteiger charge is -2.15. The number of fused-ring (bicyclic) bond motifs is 1. The highest BCUT2D eigenvalue weighted by Crippen LogP contribution is 2.33. The summed E-state index contributed by atoms with van der Waals surface area (Å²) >= 11 is 0. The number of nitrogens with zero attached hydrogens (tertiary/aromatic N) is 4. The van der Waals surface area contributed by atoms with Gasteiger partial charge in [0.25, 0.3) is 0 Å². The molecule has 4 atom stereocenters. The van der Waals surface area contributed by atoms with Gasteiger partial charge in [-0.15, -0.1) is 0 Å². The number of ether oxygens (including phenoxy) is 1. The van der Waals surface area contributed by atoms with Crippen LogP contribution in [0.2, 0.25) is 0 Å². The number of anilines is 1. The first-order chi connectivity index (χ1) is 11.7. The van der Waals surface area contributed by atoms with E-state index in [1.807, 2.05) is 6.92 Å². The van der Waals surface area contributed by atoms with E-state index in [0.717, 1.165) is 0 Å². The molecule has 0 aromatic carbocycles. The maximum absolute atomic E-state index is 10.9. The van der Waals surface area contributed by atoms with Gasteiger partial charge in [0, 0.05) is 0 Å². The van der Waals surface area contributed by atoms with Crippen LogP contribution in [0.1, 0.15) is 18.8 Å². The van der Waals surface area contributed by atoms with Gasteiger partial charge in [-0.2, -0.15) is 13.5 Å². The molecule has 1 saturated heterocycles. The molecule has 3 rings (SSSR count). The minimum atomic E-state index is -4.21. The Morgan fingerprint density at radius 3 is 2.72 bits per heavy atom. The lowest BCUT2D eigenvalue weighted by Crippen LogP contribution is -2.35. The smallest absolute Gasteiger partial charge is 0.333 e. The Bertz CT molecular complexity index is 886. The molecule has 1 aliphatic rings. The molecule has 2 aromatic rings. The number of hydrogen-bond donors (Lipinski definition) is 4. The van der Waals surface area contributed by atoms with Crippen LogP contribution in [-0.2, 0) is 25.6 Å². The van der Waals surface area contributed by atoms with Crippen LogP contribution in [0.4, 0.5) is 5.82 Å². The molecule has 138 valence electrons. The largest absolute Gasteiger partial charge is 0.387 e. The van der Waals surface area contributed by atoms with Gasteiger partial charge in [0.05, 0.1) is 17.7 Å². The highest BCUT2D eigenvalue weighted by molar-refractivity contribution is 7.84. The first-order valence-electron chi connectivity index (χ1n) is 7.39. The number of rotatable bonds is 5. The fraction of sp³-hybridized carbons (Fsp3) is 0.583. The molecule has 13 heteroatoms. The zero-order chi connectivity index (χ0) is 18.4. The Balaban J connectivity index is 1.94. The van der Waals surface area contributed by atoms with Crippen molar-refractivity contribution in [3.05, 3.63) is 12.0 Å². The highest BCUT2D eigenvalue weighted by atomic mass is 32.2. The first kappa shape index (κ1) is 17.9. The van der Waals surface area contributed by atoms with Crippen LogP contribution >= 0.6 is 0 Å². The summed E-state index contributed by atoms with van der Waals surface area (Å²) < 4.78 is 33.0. The standard InChI is InChI=1S/C12H18N6O6S/c1-2-5-7-10(13)15-4-16-11(7)18(17-5)12-9(20)8(19)6(24-12)3-23-25(14,21)22/h4,6,8-9,12,19-20H,2-3H2,1H3,(H2,13,15,16)(H2,14,21,22)/t6-,8-,9-,12-/m1/s1. The molecule has 2 aromatic heterocycles. The van der Waals surface area contributed by atoms with Crippen LogP contribution in [0.15, 0.2) is 6.33 Å². The van der Waals surface area contributed by atoms with Crippen LogP contribution in [0, 0.1) is 0 Å². The molecule has 25 heavy (non-hydrogen) atoms. The van der Waals surface area contributed by atoms with Crippen molar-refractivity contribution in [1.29, 1.82) is 0 Å². The van der Waals surface area contributed by atoms with E-state index in [1.54, 1.807) is 0 Å². The van der Waals surface area contributed by atoms with Crippen LogP contribution < -0.4 is 10.9 Å². The number of aryl methyl sites for hydroxylation is 1. The van der Waals surface area contributed by atoms with E-state index in [2.05, 4.69) is 19.2 Å². The second kappa shape index (κ2) is 6.44. The molecule has 0 amide bonds. The van der Waals surface area contributed by atoms with Crippen LogP contribution in [0.25, 0.3) is 11.0 Å². The predicted octanol–water partition coefficient (Wildman–Crippen LogP) is -2.19. The third kappa shape index (κ3) is 3.29. The molecule has 6 N–H and O–H groups in total. The van der Waals surface area contributed by atoms with Gasteiger partial charge in [-0.1, -0.05) is 6.92 Å². The van der Waals surface area contributed by atoms with Gasteiger partial charge >= 0.3 is 10.3 Å². The number of hydrogen-bond acceptors (Lipinski definition) is 10. The van der Waals surface area contributed by atoms with Crippen molar-refractivity contribution < 1.29 is 27.6 Å². The molecule has 0 radical (unpaired) electrons. The topological polar surface area (TPSA) is 189 Å². The summed E-state index contributed by atoms with van der Waals surface area (Å²) in [4.78, 5) is 8.04. The average Bonchev–Trinajstić information content (AvgIpc) is 3.05. The van der Waals surface area contributed by atoms with E-state index in [-0.39, 0.29) is 5.82 Å². The maximum atomic E-state index is 10.9. The molecule has 0 saturated carbocycles. The Morgan fingerprint density at radius 1 is 1.36 bits per heavy atom. The van der Waals surface area contributed by atoms with Gasteiger partial charge in [0.2, 0.25) is 0 Å². The van der Waals surface area contributed by atoms with Gasteiger partial charge in [-0.25, -0.2) is 19.8 Å². The highest BCUT2D eigenvalue weighted by Gasteiger charge is 2.45. The Hall–Kier alpha value is -1.90. The van der Waals surface area contributed by atoms with E-state index >= 15 is 0 Å². The summed E-state index contributed by atoms with van der Waals surface area (Å²) in [7, 11) is -4.21. The Kier molecular flexibility index (Phi) is 4.61. The van der Waals surface area contributed by atoms with Gasteiger partial charge in [0.15, 0.2) is 11.9 Å². The Morgan fingerprint density at radius 2 is 2.08 bits per heavy atom. The molecule has 3 heterocycles. The fourth-order valence-electron chi connectivity index (χ4n) is 2.72. The van der Waals surface area contributed by atoms with Crippen molar-refractivity contribution in [2.24, 2.45) is 5.14 Å². The lowest BCUT2D eigenvalue weighted by molar-refractivity contribution is -0.0528. The van der Waals surface area contributed by atoms with E-state index < -0.39 is 41.5 Å². The third-order valence-electron chi connectivity index (χ3n) is 3.90. The molecule has 0 bridgehead atoms. The molecule has 1 aliphatic heterocycles. The van der Waals surface area contributed by atoms with Gasteiger partial charge in [-0.05, 0) is 6.42 Å². The van der Waals surface area contributed by atoms with E-state index in [0.29, 0.717) is 23.1 Å². The van der Waals surface area contributed by atoms with Crippen molar-refractivity contribution in [1.82, 2.24) is 19.7 Å². The SMILES string of the molecule is CCc1nn([C@@H]2O[C@H](COS(N)(=O)=O)[C@@H](O)[C@H]2O)c2ncnc(N)c12. The van der Waals surface area contributed by atoms with Gasteiger partial charge in [-0.3, -0.25) is 4.18 Å². The van der Waals surface area contributed by atoms with Gasteiger partial charge in [0.1, 0.15) is 30.5 Å². The van der Waals surface area contributed by atoms with Gasteiger partial charge < -0.3 is 20.7 Å². The predicted molar refractivity (Wildman–Crippen MR) is 84.1 cm³/mol. The van der Waals surface area contributed by atoms with Crippen molar-refractivity contribution in [3.8, 4) is 0 Å². The summed E-state index contributed by atoms with van der Waals surface area (Å²) in [5.74, 6) is 0.232. The van der Waals surface area contributed by atoms with Crippen molar-refractivity contribution >= 4 is 27.2 Å². The molecule has 12 nitrogen and oxygen atoms in total. The minimum absolute atomic E-state index is 0.232. The van der Waals surface area contributed by atoms with Crippen LogP contribution in [-0.4, -0.2) is 63.3 Å². The number of nitrogens with two attached hydrogens (primary N) is 2. The average molecular weight is 374 g/mol. The van der Waals surface area contributed by atoms with Crippen molar-refractivity contribution in [2.75, 3.05) is 12.3 Å².